The summed E-state index contributed by atoms with van der Waals surface area (Å²) < 4.78 is 18.5. The highest BCUT2D eigenvalue weighted by Crippen LogP contribution is 2.35. The van der Waals surface area contributed by atoms with E-state index in [4.69, 9.17) is 25.8 Å². The van der Waals surface area contributed by atoms with Gasteiger partial charge in [0.1, 0.15) is 5.82 Å². The van der Waals surface area contributed by atoms with Crippen LogP contribution in [0.15, 0.2) is 12.1 Å². The van der Waals surface area contributed by atoms with Crippen molar-refractivity contribution in [1.82, 2.24) is 9.55 Å². The number of halogens is 1. The monoisotopic (exact) mass is 310 g/mol. The largest absolute Gasteiger partial charge is 0.493 e. The molecule has 0 spiro atoms. The molecular weight excluding hydrogens is 292 g/mol. The van der Waals surface area contributed by atoms with E-state index in [1.54, 1.807) is 14.2 Å². The molecule has 0 amide bonds. The number of aromatic nitrogens is 2. The Labute approximate surface area is 128 Å². The van der Waals surface area contributed by atoms with E-state index in [2.05, 4.69) is 9.55 Å². The standard InChI is InChI=1S/C15H19ClN2O3/c1-19-13-6-11-12(7-14(13)20-2)18(15(8-16)17-11)10-4-3-5-21-9-10/h6-7,10H,3-5,8-9H2,1-2H3. The van der Waals surface area contributed by atoms with Gasteiger partial charge in [-0.05, 0) is 12.8 Å². The number of methoxy groups -OCH3 is 2. The normalized spacial score (nSPS) is 18.9. The van der Waals surface area contributed by atoms with Crippen molar-refractivity contribution in [2.24, 2.45) is 0 Å². The van der Waals surface area contributed by atoms with Crippen LogP contribution in [-0.2, 0) is 10.6 Å². The van der Waals surface area contributed by atoms with Crippen molar-refractivity contribution in [3.8, 4) is 11.5 Å². The molecule has 1 aromatic carbocycles. The molecule has 2 aromatic rings. The third-order valence-corrected chi connectivity index (χ3v) is 4.13. The second kappa shape index (κ2) is 6.12. The maximum atomic E-state index is 6.08. The van der Waals surface area contributed by atoms with Gasteiger partial charge in [-0.3, -0.25) is 0 Å². The first-order valence-corrected chi connectivity index (χ1v) is 7.58. The smallest absolute Gasteiger partial charge is 0.163 e. The summed E-state index contributed by atoms with van der Waals surface area (Å²) in [6.45, 7) is 1.53. The summed E-state index contributed by atoms with van der Waals surface area (Å²) in [5.74, 6) is 2.60. The van der Waals surface area contributed by atoms with Gasteiger partial charge in [0.15, 0.2) is 11.5 Å². The predicted octanol–water partition coefficient (Wildman–Crippen LogP) is 3.14. The lowest BCUT2D eigenvalue weighted by molar-refractivity contribution is 0.0597. The zero-order valence-electron chi connectivity index (χ0n) is 12.3. The van der Waals surface area contributed by atoms with E-state index >= 15 is 0 Å². The predicted molar refractivity (Wildman–Crippen MR) is 81.5 cm³/mol. The molecule has 0 radical (unpaired) electrons. The molecule has 1 unspecified atom stereocenters. The molecular formula is C15H19ClN2O3. The molecule has 114 valence electrons. The number of alkyl halides is 1. The average molecular weight is 311 g/mol. The zero-order valence-corrected chi connectivity index (χ0v) is 13.0. The van der Waals surface area contributed by atoms with Gasteiger partial charge in [-0.1, -0.05) is 0 Å². The van der Waals surface area contributed by atoms with E-state index in [1.807, 2.05) is 12.1 Å². The van der Waals surface area contributed by atoms with Gasteiger partial charge in [-0.15, -0.1) is 11.6 Å². The first-order valence-electron chi connectivity index (χ1n) is 7.05. The van der Waals surface area contributed by atoms with Crippen molar-refractivity contribution in [3.05, 3.63) is 18.0 Å². The molecule has 1 aliphatic rings. The number of fused-ring (bicyclic) bond motifs is 1. The van der Waals surface area contributed by atoms with E-state index in [-0.39, 0.29) is 6.04 Å². The first kappa shape index (κ1) is 14.5. The van der Waals surface area contributed by atoms with Crippen LogP contribution in [-0.4, -0.2) is 37.0 Å². The summed E-state index contributed by atoms with van der Waals surface area (Å²) in [7, 11) is 3.26. The van der Waals surface area contributed by atoms with Crippen molar-refractivity contribution >= 4 is 22.6 Å². The lowest BCUT2D eigenvalue weighted by atomic mass is 10.1. The second-order valence-electron chi connectivity index (χ2n) is 5.10. The maximum Gasteiger partial charge on any atom is 0.163 e. The third-order valence-electron chi connectivity index (χ3n) is 3.89. The molecule has 2 heterocycles. The summed E-state index contributed by atoms with van der Waals surface area (Å²) in [6, 6.07) is 4.13. The third kappa shape index (κ3) is 2.56. The highest BCUT2D eigenvalue weighted by atomic mass is 35.5. The first-order chi connectivity index (χ1) is 10.3. The van der Waals surface area contributed by atoms with E-state index in [0.717, 1.165) is 36.3 Å². The van der Waals surface area contributed by atoms with Gasteiger partial charge in [-0.25, -0.2) is 4.98 Å². The molecule has 1 aromatic heterocycles. The molecule has 1 saturated heterocycles. The summed E-state index contributed by atoms with van der Waals surface area (Å²) >= 11 is 6.08. The Morgan fingerprint density at radius 2 is 2.10 bits per heavy atom. The number of nitrogens with zero attached hydrogens (tertiary/aromatic N) is 2. The number of imidazole rings is 1. The van der Waals surface area contributed by atoms with Gasteiger partial charge in [0.05, 0.1) is 43.8 Å². The van der Waals surface area contributed by atoms with Crippen molar-refractivity contribution in [2.45, 2.75) is 24.8 Å². The summed E-state index contributed by atoms with van der Waals surface area (Å²) in [5, 5.41) is 0. The average Bonchev–Trinajstić information content (AvgIpc) is 2.91. The number of ether oxygens (including phenoxy) is 3. The Balaban J connectivity index is 2.16. The molecule has 21 heavy (non-hydrogen) atoms. The van der Waals surface area contributed by atoms with Crippen LogP contribution in [0.4, 0.5) is 0 Å². The van der Waals surface area contributed by atoms with E-state index < -0.39 is 0 Å². The fourth-order valence-corrected chi connectivity index (χ4v) is 3.09. The minimum Gasteiger partial charge on any atom is -0.493 e. The Morgan fingerprint density at radius 1 is 1.33 bits per heavy atom. The molecule has 1 fully saturated rings. The lowest BCUT2D eigenvalue weighted by Crippen LogP contribution is -2.22. The van der Waals surface area contributed by atoms with Crippen molar-refractivity contribution < 1.29 is 14.2 Å². The van der Waals surface area contributed by atoms with Crippen molar-refractivity contribution in [1.29, 1.82) is 0 Å². The Kier molecular flexibility index (Phi) is 4.22. The summed E-state index contributed by atoms with van der Waals surface area (Å²) in [5.41, 5.74) is 1.88. The summed E-state index contributed by atoms with van der Waals surface area (Å²) in [6.07, 6.45) is 2.13. The summed E-state index contributed by atoms with van der Waals surface area (Å²) in [4.78, 5) is 4.63. The van der Waals surface area contributed by atoms with Crippen LogP contribution >= 0.6 is 11.6 Å². The molecule has 0 aliphatic carbocycles. The molecule has 0 bridgehead atoms. The Hall–Kier alpha value is -1.46. The second-order valence-corrected chi connectivity index (χ2v) is 5.37. The molecule has 5 nitrogen and oxygen atoms in total. The Bertz CT molecular complexity index is 635. The maximum absolute atomic E-state index is 6.08. The molecule has 6 heteroatoms. The quantitative estimate of drug-likeness (QED) is 0.814. The van der Waals surface area contributed by atoms with Crippen molar-refractivity contribution in [3.63, 3.8) is 0 Å². The fraction of sp³-hybridized carbons (Fsp3) is 0.533. The molecule has 1 atom stereocenters. The van der Waals surface area contributed by atoms with Crippen LogP contribution in [0, 0.1) is 0 Å². The fourth-order valence-electron chi connectivity index (χ4n) is 2.90. The van der Waals surface area contributed by atoms with E-state index in [0.29, 0.717) is 24.0 Å². The van der Waals surface area contributed by atoms with Crippen LogP contribution in [0.5, 0.6) is 11.5 Å². The van der Waals surface area contributed by atoms with E-state index in [9.17, 15) is 0 Å². The highest BCUT2D eigenvalue weighted by molar-refractivity contribution is 6.16. The van der Waals surface area contributed by atoms with Crippen LogP contribution in [0.25, 0.3) is 11.0 Å². The van der Waals surface area contributed by atoms with Gasteiger partial charge in [-0.2, -0.15) is 0 Å². The highest BCUT2D eigenvalue weighted by Gasteiger charge is 2.23. The number of hydrogen-bond acceptors (Lipinski definition) is 4. The van der Waals surface area contributed by atoms with Gasteiger partial charge in [0.2, 0.25) is 0 Å². The number of rotatable bonds is 4. The van der Waals surface area contributed by atoms with Crippen LogP contribution in [0.1, 0.15) is 24.7 Å². The van der Waals surface area contributed by atoms with Gasteiger partial charge >= 0.3 is 0 Å². The van der Waals surface area contributed by atoms with Crippen molar-refractivity contribution in [2.75, 3.05) is 27.4 Å². The van der Waals surface area contributed by atoms with Gasteiger partial charge < -0.3 is 18.8 Å². The van der Waals surface area contributed by atoms with Crippen LogP contribution < -0.4 is 9.47 Å². The van der Waals surface area contributed by atoms with Gasteiger partial charge in [0.25, 0.3) is 0 Å². The number of hydrogen-bond donors (Lipinski definition) is 0. The molecule has 3 rings (SSSR count). The Morgan fingerprint density at radius 3 is 2.71 bits per heavy atom. The molecule has 0 N–H and O–H groups in total. The van der Waals surface area contributed by atoms with Gasteiger partial charge in [0, 0.05) is 18.7 Å². The van der Waals surface area contributed by atoms with Crippen LogP contribution in [0.3, 0.4) is 0 Å². The minimum absolute atomic E-state index is 0.274. The SMILES string of the molecule is COc1cc2nc(CCl)n(C3CCCOC3)c2cc1OC. The van der Waals surface area contributed by atoms with Crippen LogP contribution in [0.2, 0.25) is 0 Å². The topological polar surface area (TPSA) is 45.5 Å². The molecule has 1 aliphatic heterocycles. The number of benzene rings is 1. The van der Waals surface area contributed by atoms with E-state index in [1.165, 1.54) is 0 Å². The minimum atomic E-state index is 0.274. The zero-order chi connectivity index (χ0) is 14.8. The molecule has 0 saturated carbocycles. The lowest BCUT2D eigenvalue weighted by Gasteiger charge is -2.25.